The van der Waals surface area contributed by atoms with Gasteiger partial charge in [-0.2, -0.15) is 9.57 Å². The van der Waals surface area contributed by atoms with E-state index in [-0.39, 0.29) is 5.25 Å². The molecular formula is C14H18N4O2S. The van der Waals surface area contributed by atoms with E-state index in [1.165, 1.54) is 0 Å². The quantitative estimate of drug-likeness (QED) is 0.831. The molecule has 1 aromatic heterocycles. The van der Waals surface area contributed by atoms with Crippen molar-refractivity contribution in [2.24, 2.45) is 0 Å². The molecule has 2 aliphatic rings. The molecule has 112 valence electrons. The molecule has 1 saturated heterocycles. The van der Waals surface area contributed by atoms with Gasteiger partial charge >= 0.3 is 0 Å². The van der Waals surface area contributed by atoms with Gasteiger partial charge in [0.05, 0.1) is 10.8 Å². The highest BCUT2D eigenvalue weighted by molar-refractivity contribution is 7.90. The Morgan fingerprint density at radius 1 is 1.19 bits per heavy atom. The standard InChI is InChI=1S/C14H18N4O2S/c15-10-12-2-5-14(16-11-12)17-6-1-7-18(9-8-17)21(19,20)13-3-4-13/h2,5,11,13H,1,3-4,6-9H2. The van der Waals surface area contributed by atoms with Crippen LogP contribution in [0.5, 0.6) is 0 Å². The average molecular weight is 306 g/mol. The number of anilines is 1. The predicted octanol–water partition coefficient (Wildman–Crippen LogP) is 0.958. The maximum absolute atomic E-state index is 12.3. The first-order chi connectivity index (χ1) is 10.1. The second kappa shape index (κ2) is 5.62. The van der Waals surface area contributed by atoms with Crippen LogP contribution in [0.2, 0.25) is 0 Å². The first-order valence-electron chi connectivity index (χ1n) is 7.21. The second-order valence-electron chi connectivity index (χ2n) is 5.50. The van der Waals surface area contributed by atoms with Gasteiger partial charge in [-0.3, -0.25) is 0 Å². The van der Waals surface area contributed by atoms with Crippen LogP contribution in [0, 0.1) is 11.3 Å². The third-order valence-electron chi connectivity index (χ3n) is 3.96. The first kappa shape index (κ1) is 14.3. The lowest BCUT2D eigenvalue weighted by atomic mass is 10.3. The van der Waals surface area contributed by atoms with Gasteiger partial charge < -0.3 is 4.90 Å². The van der Waals surface area contributed by atoms with Crippen molar-refractivity contribution in [1.82, 2.24) is 9.29 Å². The highest BCUT2D eigenvalue weighted by Gasteiger charge is 2.40. The molecule has 0 atom stereocenters. The fourth-order valence-corrected chi connectivity index (χ4v) is 4.47. The molecule has 1 aliphatic carbocycles. The van der Waals surface area contributed by atoms with Crippen LogP contribution >= 0.6 is 0 Å². The molecule has 0 bridgehead atoms. The maximum Gasteiger partial charge on any atom is 0.217 e. The van der Waals surface area contributed by atoms with Crippen molar-refractivity contribution in [3.63, 3.8) is 0 Å². The van der Waals surface area contributed by atoms with Crippen molar-refractivity contribution < 1.29 is 8.42 Å². The minimum Gasteiger partial charge on any atom is -0.355 e. The number of hydrogen-bond donors (Lipinski definition) is 0. The summed E-state index contributed by atoms with van der Waals surface area (Å²) in [7, 11) is -3.09. The van der Waals surface area contributed by atoms with Crippen molar-refractivity contribution in [2.75, 3.05) is 31.1 Å². The molecule has 0 spiro atoms. The van der Waals surface area contributed by atoms with E-state index in [2.05, 4.69) is 9.88 Å². The summed E-state index contributed by atoms with van der Waals surface area (Å²) in [5, 5.41) is 8.65. The summed E-state index contributed by atoms with van der Waals surface area (Å²) >= 11 is 0. The van der Waals surface area contributed by atoms with Gasteiger partial charge in [-0.25, -0.2) is 13.4 Å². The van der Waals surface area contributed by atoms with Crippen molar-refractivity contribution in [3.05, 3.63) is 23.9 Å². The van der Waals surface area contributed by atoms with E-state index in [1.807, 2.05) is 12.1 Å². The average Bonchev–Trinajstić information content (AvgIpc) is 3.33. The lowest BCUT2D eigenvalue weighted by Gasteiger charge is -2.22. The summed E-state index contributed by atoms with van der Waals surface area (Å²) in [6.45, 7) is 2.53. The third kappa shape index (κ3) is 3.01. The van der Waals surface area contributed by atoms with Crippen LogP contribution in [-0.2, 0) is 10.0 Å². The Hall–Kier alpha value is -1.65. The number of hydrogen-bond acceptors (Lipinski definition) is 5. The number of nitrogens with zero attached hydrogens (tertiary/aromatic N) is 4. The number of pyridine rings is 1. The summed E-state index contributed by atoms with van der Waals surface area (Å²) in [6, 6.07) is 5.61. The predicted molar refractivity (Wildman–Crippen MR) is 79.3 cm³/mol. The van der Waals surface area contributed by atoms with E-state index in [4.69, 9.17) is 5.26 Å². The largest absolute Gasteiger partial charge is 0.355 e. The van der Waals surface area contributed by atoms with Crippen LogP contribution in [0.3, 0.4) is 0 Å². The van der Waals surface area contributed by atoms with Crippen LogP contribution in [-0.4, -0.2) is 49.1 Å². The van der Waals surface area contributed by atoms with Gasteiger partial charge in [-0.15, -0.1) is 0 Å². The van der Waals surface area contributed by atoms with Crippen molar-refractivity contribution in [3.8, 4) is 6.07 Å². The fourth-order valence-electron chi connectivity index (χ4n) is 2.59. The molecule has 3 rings (SSSR count). The smallest absolute Gasteiger partial charge is 0.217 e. The number of rotatable bonds is 3. The minimum atomic E-state index is -3.09. The van der Waals surface area contributed by atoms with Gasteiger partial charge in [-0.1, -0.05) is 0 Å². The number of nitriles is 1. The molecule has 7 heteroatoms. The van der Waals surface area contributed by atoms with Gasteiger partial charge in [0.25, 0.3) is 0 Å². The second-order valence-corrected chi connectivity index (χ2v) is 7.71. The molecule has 0 aromatic carbocycles. The Morgan fingerprint density at radius 3 is 2.62 bits per heavy atom. The summed E-state index contributed by atoms with van der Waals surface area (Å²) in [4.78, 5) is 6.37. The minimum absolute atomic E-state index is 0.142. The van der Waals surface area contributed by atoms with Crippen LogP contribution in [0.1, 0.15) is 24.8 Å². The molecule has 1 aliphatic heterocycles. The van der Waals surface area contributed by atoms with Crippen LogP contribution < -0.4 is 4.90 Å². The third-order valence-corrected chi connectivity index (χ3v) is 6.36. The Morgan fingerprint density at radius 2 is 2.00 bits per heavy atom. The molecule has 21 heavy (non-hydrogen) atoms. The Balaban J connectivity index is 1.69. The van der Waals surface area contributed by atoms with Crippen molar-refractivity contribution in [1.29, 1.82) is 5.26 Å². The van der Waals surface area contributed by atoms with Gasteiger partial charge in [-0.05, 0) is 31.4 Å². The topological polar surface area (TPSA) is 77.3 Å². The molecule has 1 aromatic rings. The Kier molecular flexibility index (Phi) is 3.83. The Labute approximate surface area is 125 Å². The van der Waals surface area contributed by atoms with E-state index in [0.717, 1.165) is 31.6 Å². The normalized spacial score (nSPS) is 20.8. The fraction of sp³-hybridized carbons (Fsp3) is 0.571. The van der Waals surface area contributed by atoms with E-state index in [9.17, 15) is 8.42 Å². The highest BCUT2D eigenvalue weighted by atomic mass is 32.2. The lowest BCUT2D eigenvalue weighted by Crippen LogP contribution is -2.37. The van der Waals surface area contributed by atoms with E-state index >= 15 is 0 Å². The monoisotopic (exact) mass is 306 g/mol. The summed E-state index contributed by atoms with van der Waals surface area (Å²) in [5.74, 6) is 0.805. The van der Waals surface area contributed by atoms with Gasteiger partial charge in [0.2, 0.25) is 10.0 Å². The zero-order valence-corrected chi connectivity index (χ0v) is 12.6. The molecule has 2 heterocycles. The molecular weight excluding hydrogens is 288 g/mol. The molecule has 0 unspecified atom stereocenters. The zero-order valence-electron chi connectivity index (χ0n) is 11.8. The SMILES string of the molecule is N#Cc1ccc(N2CCCN(S(=O)(=O)C3CC3)CC2)nc1. The van der Waals surface area contributed by atoms with E-state index < -0.39 is 10.0 Å². The van der Waals surface area contributed by atoms with E-state index in [0.29, 0.717) is 25.2 Å². The number of aromatic nitrogens is 1. The van der Waals surface area contributed by atoms with Crippen LogP contribution in [0.4, 0.5) is 5.82 Å². The van der Waals surface area contributed by atoms with Crippen molar-refractivity contribution in [2.45, 2.75) is 24.5 Å². The van der Waals surface area contributed by atoms with E-state index in [1.54, 1.807) is 16.6 Å². The van der Waals surface area contributed by atoms with Crippen molar-refractivity contribution >= 4 is 15.8 Å². The summed E-state index contributed by atoms with van der Waals surface area (Å²) < 4.78 is 26.2. The molecule has 1 saturated carbocycles. The molecule has 2 fully saturated rings. The van der Waals surface area contributed by atoms with Gasteiger partial charge in [0.1, 0.15) is 11.9 Å². The summed E-state index contributed by atoms with van der Waals surface area (Å²) in [6.07, 6.45) is 3.96. The zero-order chi connectivity index (χ0) is 14.9. The lowest BCUT2D eigenvalue weighted by molar-refractivity contribution is 0.432. The molecule has 0 N–H and O–H groups in total. The molecule has 0 amide bonds. The molecule has 6 nitrogen and oxygen atoms in total. The van der Waals surface area contributed by atoms with Gasteiger partial charge in [0.15, 0.2) is 0 Å². The first-order valence-corrected chi connectivity index (χ1v) is 8.71. The van der Waals surface area contributed by atoms with Gasteiger partial charge in [0, 0.05) is 32.4 Å². The number of sulfonamides is 1. The highest BCUT2D eigenvalue weighted by Crippen LogP contribution is 2.31. The maximum atomic E-state index is 12.3. The molecule has 0 radical (unpaired) electrons. The van der Waals surface area contributed by atoms with Crippen LogP contribution in [0.15, 0.2) is 18.3 Å². The van der Waals surface area contributed by atoms with Crippen LogP contribution in [0.25, 0.3) is 0 Å². The Bertz CT molecular complexity index is 647. The summed E-state index contributed by atoms with van der Waals surface area (Å²) in [5.41, 5.74) is 0.534.